The van der Waals surface area contributed by atoms with E-state index in [2.05, 4.69) is 61.5 Å². The van der Waals surface area contributed by atoms with Crippen LogP contribution in [0.2, 0.25) is 0 Å². The predicted octanol–water partition coefficient (Wildman–Crippen LogP) is 8.70. The van der Waals surface area contributed by atoms with Crippen molar-refractivity contribution in [2.24, 2.45) is 4.99 Å². The fraction of sp³-hybridized carbons (Fsp3) is 0.125. The summed E-state index contributed by atoms with van der Waals surface area (Å²) >= 11 is 1.82. The van der Waals surface area contributed by atoms with Gasteiger partial charge < -0.3 is 9.47 Å². The van der Waals surface area contributed by atoms with Crippen molar-refractivity contribution < 1.29 is 9.47 Å². The molecular weight excluding hydrogens is 476 g/mol. The molecule has 5 aromatic rings. The maximum absolute atomic E-state index is 6.42. The van der Waals surface area contributed by atoms with Crippen LogP contribution in [0.25, 0.3) is 10.9 Å². The van der Waals surface area contributed by atoms with Crippen molar-refractivity contribution in [3.63, 3.8) is 0 Å². The van der Waals surface area contributed by atoms with Crippen LogP contribution < -0.4 is 9.47 Å². The summed E-state index contributed by atoms with van der Waals surface area (Å²) in [6.45, 7) is 2.11. The monoisotopic (exact) mass is 502 g/mol. The van der Waals surface area contributed by atoms with Gasteiger partial charge in [0.1, 0.15) is 11.5 Å². The molecule has 1 aliphatic heterocycles. The second kappa shape index (κ2) is 10.1. The Morgan fingerprint density at radius 3 is 2.41 bits per heavy atom. The molecule has 0 radical (unpaired) electrons. The zero-order chi connectivity index (χ0) is 25.2. The molecule has 0 fully saturated rings. The van der Waals surface area contributed by atoms with Crippen molar-refractivity contribution in [2.45, 2.75) is 23.5 Å². The Morgan fingerprint density at radius 1 is 0.811 bits per heavy atom. The van der Waals surface area contributed by atoms with Crippen LogP contribution in [0, 0.1) is 6.92 Å². The zero-order valence-electron chi connectivity index (χ0n) is 20.7. The topological polar surface area (TPSA) is 43.7 Å². The lowest BCUT2D eigenvalue weighted by Gasteiger charge is -2.20. The smallest absolute Gasteiger partial charge is 0.224 e. The molecule has 5 heteroatoms. The lowest BCUT2D eigenvalue weighted by atomic mass is 10.00. The van der Waals surface area contributed by atoms with E-state index < -0.39 is 0 Å². The Balaban J connectivity index is 1.49. The normalized spacial score (nSPS) is 15.0. The fourth-order valence-electron chi connectivity index (χ4n) is 4.56. The summed E-state index contributed by atoms with van der Waals surface area (Å²) in [5.41, 5.74) is 6.28. The third kappa shape index (κ3) is 4.95. The van der Waals surface area contributed by atoms with Crippen LogP contribution in [0.15, 0.2) is 113 Å². The van der Waals surface area contributed by atoms with E-state index in [-0.39, 0.29) is 5.25 Å². The molecular formula is C32H26N2O2S. The summed E-state index contributed by atoms with van der Waals surface area (Å²) < 4.78 is 11.8. The predicted molar refractivity (Wildman–Crippen MR) is 152 cm³/mol. The van der Waals surface area contributed by atoms with Crippen LogP contribution in [0.5, 0.6) is 17.4 Å². The molecule has 0 bridgehead atoms. The minimum atomic E-state index is 0.0561. The average Bonchev–Trinajstić information content (AvgIpc) is 3.13. The molecule has 4 nitrogen and oxygen atoms in total. The first kappa shape index (κ1) is 23.3. The van der Waals surface area contributed by atoms with Gasteiger partial charge >= 0.3 is 0 Å². The number of pyridine rings is 1. The number of aliphatic imine (C=N–C) groups is 1. The number of rotatable bonds is 5. The third-order valence-corrected chi connectivity index (χ3v) is 7.76. The Labute approximate surface area is 221 Å². The van der Waals surface area contributed by atoms with Crippen LogP contribution in [-0.2, 0) is 0 Å². The summed E-state index contributed by atoms with van der Waals surface area (Å²) in [5.74, 6) is 2.23. The number of hydrogen-bond acceptors (Lipinski definition) is 5. The van der Waals surface area contributed by atoms with E-state index in [4.69, 9.17) is 19.5 Å². The molecule has 0 saturated heterocycles. The number of para-hydroxylation sites is 2. The Kier molecular flexibility index (Phi) is 6.37. The highest BCUT2D eigenvalue weighted by Gasteiger charge is 2.26. The highest BCUT2D eigenvalue weighted by atomic mass is 32.2. The maximum Gasteiger partial charge on any atom is 0.224 e. The number of methoxy groups -OCH3 is 1. The molecule has 4 aromatic carbocycles. The standard InChI is InChI=1S/C32H26N2O2S/c1-21-12-17-27-23(18-21)19-26(32(34-27)36-25-8-4-3-5-9-25)31-20-29(22-13-15-24(35-2)16-14-22)33-28-10-6-7-11-30(28)37-31/h3-19,31H,20H2,1-2H3. The molecule has 6 rings (SSSR count). The van der Waals surface area contributed by atoms with Crippen LogP contribution >= 0.6 is 11.8 Å². The molecule has 1 atom stereocenters. The summed E-state index contributed by atoms with van der Waals surface area (Å²) in [6, 6.07) is 34.9. The highest BCUT2D eigenvalue weighted by molar-refractivity contribution is 7.99. The van der Waals surface area contributed by atoms with Crippen LogP contribution in [0.3, 0.4) is 0 Å². The molecule has 0 saturated carbocycles. The molecule has 182 valence electrons. The largest absolute Gasteiger partial charge is 0.497 e. The SMILES string of the molecule is COc1ccc(C2=Nc3ccccc3SC(c3cc4cc(C)ccc4nc3Oc3ccccc3)C2)cc1. The average molecular weight is 503 g/mol. The zero-order valence-corrected chi connectivity index (χ0v) is 21.5. The van der Waals surface area contributed by atoms with Gasteiger partial charge in [0.25, 0.3) is 0 Å². The molecule has 1 aliphatic rings. The summed E-state index contributed by atoms with van der Waals surface area (Å²) in [7, 11) is 1.68. The van der Waals surface area contributed by atoms with Crippen molar-refractivity contribution in [1.29, 1.82) is 0 Å². The first-order valence-corrected chi connectivity index (χ1v) is 13.2. The molecule has 37 heavy (non-hydrogen) atoms. The fourth-order valence-corrected chi connectivity index (χ4v) is 5.79. The molecule has 1 unspecified atom stereocenters. The van der Waals surface area contributed by atoms with Gasteiger partial charge in [-0.3, -0.25) is 4.99 Å². The van der Waals surface area contributed by atoms with E-state index in [1.807, 2.05) is 60.3 Å². The molecule has 1 aromatic heterocycles. The number of aryl methyl sites for hydroxylation is 1. The lowest BCUT2D eigenvalue weighted by molar-refractivity contribution is 0.415. The van der Waals surface area contributed by atoms with Gasteiger partial charge in [-0.1, -0.05) is 42.0 Å². The Hall–Kier alpha value is -4.09. The number of nitrogens with zero attached hydrogens (tertiary/aromatic N) is 2. The second-order valence-electron chi connectivity index (χ2n) is 9.06. The van der Waals surface area contributed by atoms with E-state index >= 15 is 0 Å². The molecule has 2 heterocycles. The second-order valence-corrected chi connectivity index (χ2v) is 10.3. The minimum Gasteiger partial charge on any atom is -0.497 e. The number of ether oxygens (including phenoxy) is 2. The van der Waals surface area contributed by atoms with Crippen LogP contribution in [0.1, 0.15) is 28.4 Å². The van der Waals surface area contributed by atoms with Crippen molar-refractivity contribution in [1.82, 2.24) is 4.98 Å². The number of hydrogen-bond donors (Lipinski definition) is 0. The van der Waals surface area contributed by atoms with Gasteiger partial charge in [-0.25, -0.2) is 4.98 Å². The number of thioether (sulfide) groups is 1. The molecule has 0 N–H and O–H groups in total. The highest BCUT2D eigenvalue weighted by Crippen LogP contribution is 2.48. The van der Waals surface area contributed by atoms with E-state index in [0.29, 0.717) is 5.88 Å². The van der Waals surface area contributed by atoms with E-state index in [1.165, 1.54) is 5.56 Å². The maximum atomic E-state index is 6.42. The van der Waals surface area contributed by atoms with Gasteiger partial charge in [-0.15, -0.1) is 11.8 Å². The summed E-state index contributed by atoms with van der Waals surface area (Å²) in [4.78, 5) is 11.3. The number of fused-ring (bicyclic) bond motifs is 2. The molecule has 0 spiro atoms. The van der Waals surface area contributed by atoms with Gasteiger partial charge in [0, 0.05) is 33.2 Å². The van der Waals surface area contributed by atoms with Crippen molar-refractivity contribution in [3.05, 3.63) is 120 Å². The number of benzene rings is 4. The molecule has 0 aliphatic carbocycles. The lowest BCUT2D eigenvalue weighted by Crippen LogP contribution is -2.07. The quantitative estimate of drug-likeness (QED) is 0.241. The first-order valence-electron chi connectivity index (χ1n) is 12.3. The van der Waals surface area contributed by atoms with E-state index in [1.54, 1.807) is 7.11 Å². The summed E-state index contributed by atoms with van der Waals surface area (Å²) in [6.07, 6.45) is 0.732. The Bertz CT molecular complexity index is 1600. The van der Waals surface area contributed by atoms with Gasteiger partial charge in [-0.2, -0.15) is 0 Å². The Morgan fingerprint density at radius 2 is 1.59 bits per heavy atom. The minimum absolute atomic E-state index is 0.0561. The van der Waals surface area contributed by atoms with E-state index in [9.17, 15) is 0 Å². The van der Waals surface area contributed by atoms with Crippen LogP contribution in [-0.4, -0.2) is 17.8 Å². The van der Waals surface area contributed by atoms with E-state index in [0.717, 1.165) is 56.2 Å². The van der Waals surface area contributed by atoms with Gasteiger partial charge in [0.05, 0.1) is 18.3 Å². The molecule has 0 amide bonds. The first-order chi connectivity index (χ1) is 18.2. The van der Waals surface area contributed by atoms with Crippen LogP contribution in [0.4, 0.5) is 5.69 Å². The third-order valence-electron chi connectivity index (χ3n) is 6.46. The number of aromatic nitrogens is 1. The van der Waals surface area contributed by atoms with Crippen molar-refractivity contribution in [2.75, 3.05) is 7.11 Å². The summed E-state index contributed by atoms with van der Waals surface area (Å²) in [5, 5.41) is 1.16. The van der Waals surface area contributed by atoms with Gasteiger partial charge in [0.2, 0.25) is 5.88 Å². The van der Waals surface area contributed by atoms with Gasteiger partial charge in [0.15, 0.2) is 0 Å². The van der Waals surface area contributed by atoms with Gasteiger partial charge in [-0.05, 0) is 79.2 Å². The van der Waals surface area contributed by atoms with Crippen molar-refractivity contribution >= 4 is 34.1 Å². The van der Waals surface area contributed by atoms with Crippen molar-refractivity contribution in [3.8, 4) is 17.4 Å².